The number of hydrogen-bond acceptors (Lipinski definition) is 6. The summed E-state index contributed by atoms with van der Waals surface area (Å²) in [6.07, 6.45) is 1.26. The van der Waals surface area contributed by atoms with Crippen molar-refractivity contribution in [3.8, 4) is 0 Å². The standard InChI is InChI=1S/C11H17N5O2/c1-7-6-18-8(5-17)4-16(7)11-9(10(12)13)2-3-14-15-11/h2-3,7-8,17H,4-6H2,1H3,(H3,12,13). The van der Waals surface area contributed by atoms with E-state index in [2.05, 4.69) is 10.2 Å². The molecule has 0 spiro atoms. The van der Waals surface area contributed by atoms with Crippen LogP contribution in [-0.4, -0.2) is 53.0 Å². The SMILES string of the molecule is CC1COC(CO)CN1c1nnccc1C(=N)N. The predicted molar refractivity (Wildman–Crippen MR) is 66.7 cm³/mol. The van der Waals surface area contributed by atoms with Crippen LogP contribution in [0.5, 0.6) is 0 Å². The van der Waals surface area contributed by atoms with Crippen LogP contribution >= 0.6 is 0 Å². The number of anilines is 1. The predicted octanol–water partition coefficient (Wildman–Crippen LogP) is -0.653. The van der Waals surface area contributed by atoms with Gasteiger partial charge < -0.3 is 20.5 Å². The number of aliphatic hydroxyl groups is 1. The van der Waals surface area contributed by atoms with Crippen LogP contribution in [0.1, 0.15) is 12.5 Å². The van der Waals surface area contributed by atoms with Gasteiger partial charge in [-0.1, -0.05) is 0 Å². The smallest absolute Gasteiger partial charge is 0.162 e. The average molecular weight is 251 g/mol. The fourth-order valence-electron chi connectivity index (χ4n) is 1.97. The Bertz CT molecular complexity index is 439. The summed E-state index contributed by atoms with van der Waals surface area (Å²) in [6.45, 7) is 2.96. The summed E-state index contributed by atoms with van der Waals surface area (Å²) in [5.41, 5.74) is 6.09. The van der Waals surface area contributed by atoms with Crippen molar-refractivity contribution in [3.63, 3.8) is 0 Å². The molecule has 2 unspecified atom stereocenters. The number of morpholine rings is 1. The molecule has 18 heavy (non-hydrogen) atoms. The van der Waals surface area contributed by atoms with Crippen LogP contribution in [0.25, 0.3) is 0 Å². The first kappa shape index (κ1) is 12.7. The highest BCUT2D eigenvalue weighted by molar-refractivity contribution is 5.99. The Morgan fingerprint density at radius 3 is 3.17 bits per heavy atom. The van der Waals surface area contributed by atoms with Crippen LogP contribution in [-0.2, 0) is 4.74 Å². The number of nitrogens with one attached hydrogen (secondary N) is 1. The second-order valence-corrected chi connectivity index (χ2v) is 4.32. The molecule has 0 aromatic carbocycles. The lowest BCUT2D eigenvalue weighted by molar-refractivity contribution is -0.0106. The topological polar surface area (TPSA) is 108 Å². The Kier molecular flexibility index (Phi) is 3.73. The quantitative estimate of drug-likeness (QED) is 0.486. The summed E-state index contributed by atoms with van der Waals surface area (Å²) >= 11 is 0. The number of ether oxygens (including phenoxy) is 1. The highest BCUT2D eigenvalue weighted by Crippen LogP contribution is 2.22. The third kappa shape index (κ3) is 2.41. The Morgan fingerprint density at radius 2 is 2.50 bits per heavy atom. The number of aliphatic hydroxyl groups excluding tert-OH is 1. The lowest BCUT2D eigenvalue weighted by Crippen LogP contribution is -2.50. The van der Waals surface area contributed by atoms with E-state index in [-0.39, 0.29) is 24.6 Å². The molecule has 1 aromatic heterocycles. The first-order valence-corrected chi connectivity index (χ1v) is 5.78. The van der Waals surface area contributed by atoms with Gasteiger partial charge >= 0.3 is 0 Å². The first-order valence-electron chi connectivity index (χ1n) is 5.78. The van der Waals surface area contributed by atoms with Gasteiger partial charge in [-0.3, -0.25) is 5.41 Å². The van der Waals surface area contributed by atoms with Crippen LogP contribution in [0.15, 0.2) is 12.3 Å². The maximum absolute atomic E-state index is 9.17. The molecule has 0 radical (unpaired) electrons. The van der Waals surface area contributed by atoms with Crippen molar-refractivity contribution in [2.24, 2.45) is 5.73 Å². The van der Waals surface area contributed by atoms with E-state index >= 15 is 0 Å². The molecule has 1 aliphatic rings. The van der Waals surface area contributed by atoms with Crippen molar-refractivity contribution >= 4 is 11.7 Å². The van der Waals surface area contributed by atoms with E-state index in [1.54, 1.807) is 6.07 Å². The highest BCUT2D eigenvalue weighted by atomic mass is 16.5. The Balaban J connectivity index is 2.31. The molecule has 2 rings (SSSR count). The van der Waals surface area contributed by atoms with E-state index < -0.39 is 0 Å². The molecule has 7 heteroatoms. The lowest BCUT2D eigenvalue weighted by atomic mass is 10.1. The normalized spacial score (nSPS) is 24.0. The Labute approximate surface area is 105 Å². The van der Waals surface area contributed by atoms with Crippen molar-refractivity contribution in [2.75, 3.05) is 24.7 Å². The summed E-state index contributed by atoms with van der Waals surface area (Å²) in [6, 6.07) is 1.77. The zero-order valence-corrected chi connectivity index (χ0v) is 10.2. The van der Waals surface area contributed by atoms with Crippen molar-refractivity contribution < 1.29 is 9.84 Å². The largest absolute Gasteiger partial charge is 0.394 e. The zero-order chi connectivity index (χ0) is 13.1. The molecule has 98 valence electrons. The Hall–Kier alpha value is -1.73. The van der Waals surface area contributed by atoms with Crippen LogP contribution < -0.4 is 10.6 Å². The monoisotopic (exact) mass is 251 g/mol. The summed E-state index contributed by atoms with van der Waals surface area (Å²) in [5, 5.41) is 24.6. The minimum absolute atomic E-state index is 0.0425. The average Bonchev–Trinajstić information content (AvgIpc) is 2.39. The van der Waals surface area contributed by atoms with Gasteiger partial charge in [0.25, 0.3) is 0 Å². The molecule has 1 aromatic rings. The van der Waals surface area contributed by atoms with Crippen molar-refractivity contribution in [3.05, 3.63) is 17.8 Å². The van der Waals surface area contributed by atoms with Crippen LogP contribution in [0.2, 0.25) is 0 Å². The maximum atomic E-state index is 9.17. The maximum Gasteiger partial charge on any atom is 0.162 e. The molecule has 0 amide bonds. The molecule has 0 saturated carbocycles. The minimum Gasteiger partial charge on any atom is -0.394 e. The van der Waals surface area contributed by atoms with Gasteiger partial charge in [0.2, 0.25) is 0 Å². The van der Waals surface area contributed by atoms with Gasteiger partial charge in [0.1, 0.15) is 5.84 Å². The Morgan fingerprint density at radius 1 is 1.72 bits per heavy atom. The van der Waals surface area contributed by atoms with Crippen LogP contribution in [0.3, 0.4) is 0 Å². The van der Waals surface area contributed by atoms with Gasteiger partial charge in [-0.25, -0.2) is 0 Å². The van der Waals surface area contributed by atoms with E-state index in [0.29, 0.717) is 24.5 Å². The van der Waals surface area contributed by atoms with E-state index in [4.69, 9.17) is 21.0 Å². The van der Waals surface area contributed by atoms with Gasteiger partial charge in [-0.15, -0.1) is 5.10 Å². The second kappa shape index (κ2) is 5.28. The van der Waals surface area contributed by atoms with Crippen LogP contribution in [0, 0.1) is 5.41 Å². The van der Waals surface area contributed by atoms with Gasteiger partial charge in [0.15, 0.2) is 5.82 Å². The van der Waals surface area contributed by atoms with E-state index in [0.717, 1.165) is 0 Å². The van der Waals surface area contributed by atoms with Gasteiger partial charge in [-0.2, -0.15) is 5.10 Å². The minimum atomic E-state index is -0.247. The molecule has 1 fully saturated rings. The zero-order valence-electron chi connectivity index (χ0n) is 10.2. The van der Waals surface area contributed by atoms with Crippen molar-refractivity contribution in [2.45, 2.75) is 19.1 Å². The number of nitrogen functional groups attached to an aromatic ring is 1. The fourth-order valence-corrected chi connectivity index (χ4v) is 1.97. The molecule has 2 heterocycles. The summed E-state index contributed by atoms with van der Waals surface area (Å²) in [5.74, 6) is 0.526. The van der Waals surface area contributed by atoms with Crippen molar-refractivity contribution in [1.82, 2.24) is 10.2 Å². The number of rotatable bonds is 3. The molecule has 4 N–H and O–H groups in total. The molecule has 0 bridgehead atoms. The molecule has 1 saturated heterocycles. The number of amidine groups is 1. The fraction of sp³-hybridized carbons (Fsp3) is 0.545. The summed E-state index contributed by atoms with van der Waals surface area (Å²) < 4.78 is 5.47. The molecular formula is C11H17N5O2. The first-order chi connectivity index (χ1) is 8.63. The highest BCUT2D eigenvalue weighted by Gasteiger charge is 2.28. The van der Waals surface area contributed by atoms with Crippen molar-refractivity contribution in [1.29, 1.82) is 5.41 Å². The van der Waals surface area contributed by atoms with Gasteiger partial charge in [0, 0.05) is 6.54 Å². The number of nitrogens with zero attached hydrogens (tertiary/aromatic N) is 3. The van der Waals surface area contributed by atoms with Gasteiger partial charge in [-0.05, 0) is 13.0 Å². The summed E-state index contributed by atoms with van der Waals surface area (Å²) in [7, 11) is 0. The van der Waals surface area contributed by atoms with Gasteiger partial charge in [0.05, 0.1) is 37.1 Å². The lowest BCUT2D eigenvalue weighted by Gasteiger charge is -2.38. The molecular weight excluding hydrogens is 234 g/mol. The second-order valence-electron chi connectivity index (χ2n) is 4.32. The van der Waals surface area contributed by atoms with E-state index in [1.165, 1.54) is 6.20 Å². The third-order valence-corrected chi connectivity index (χ3v) is 2.97. The van der Waals surface area contributed by atoms with Crippen LogP contribution in [0.4, 0.5) is 5.82 Å². The number of aromatic nitrogens is 2. The summed E-state index contributed by atoms with van der Waals surface area (Å²) in [4.78, 5) is 1.97. The number of nitrogens with two attached hydrogens (primary N) is 1. The third-order valence-electron chi connectivity index (χ3n) is 2.97. The van der Waals surface area contributed by atoms with E-state index in [1.807, 2.05) is 11.8 Å². The molecule has 1 aliphatic heterocycles. The molecule has 0 aliphatic carbocycles. The molecule has 2 atom stereocenters. The van der Waals surface area contributed by atoms with E-state index in [9.17, 15) is 0 Å². The molecule has 7 nitrogen and oxygen atoms in total. The number of hydrogen-bond donors (Lipinski definition) is 3.